The van der Waals surface area contributed by atoms with Gasteiger partial charge in [-0.2, -0.15) is 0 Å². The van der Waals surface area contributed by atoms with Crippen LogP contribution in [0, 0.1) is 5.41 Å². The van der Waals surface area contributed by atoms with Crippen LogP contribution in [-0.4, -0.2) is 60.6 Å². The zero-order valence-corrected chi connectivity index (χ0v) is 13.7. The number of amides is 2. The Bertz CT molecular complexity index is 509. The van der Waals surface area contributed by atoms with Crippen LogP contribution >= 0.6 is 0 Å². The summed E-state index contributed by atoms with van der Waals surface area (Å²) in [6.45, 7) is 7.21. The topological polar surface area (TPSA) is 104 Å². The lowest BCUT2D eigenvalue weighted by Crippen LogP contribution is -2.53. The van der Waals surface area contributed by atoms with Crippen LogP contribution in [0.25, 0.3) is 0 Å². The van der Waals surface area contributed by atoms with E-state index in [2.05, 4.69) is 5.32 Å². The van der Waals surface area contributed by atoms with Crippen LogP contribution in [-0.2, 0) is 14.6 Å². The van der Waals surface area contributed by atoms with Crippen molar-refractivity contribution in [1.82, 2.24) is 10.2 Å². The molecule has 8 heteroatoms. The molecule has 2 atom stereocenters. The second-order valence-electron chi connectivity index (χ2n) is 6.62. The van der Waals surface area contributed by atoms with Gasteiger partial charge in [0.15, 0.2) is 9.84 Å². The molecular formula is C13H24N2O5S. The highest BCUT2D eigenvalue weighted by Gasteiger charge is 2.36. The zero-order chi connectivity index (χ0) is 16.4. The number of carboxylic acid groups (broad SMARTS) is 1. The zero-order valence-electron chi connectivity index (χ0n) is 12.9. The molecule has 21 heavy (non-hydrogen) atoms. The first-order valence-electron chi connectivity index (χ1n) is 6.92. The molecule has 1 saturated heterocycles. The standard InChI is InChI=1S/C13H24N2O5S/c1-9(13(2,3)4)14-12(18)15(7-11(16)17)10-5-6-21(19,20)8-10/h9-10H,5-8H2,1-4H3,(H,14,18)(H,16,17). The average Bonchev–Trinajstić information content (AvgIpc) is 2.64. The summed E-state index contributed by atoms with van der Waals surface area (Å²) in [5, 5.41) is 11.7. The second-order valence-corrected chi connectivity index (χ2v) is 8.84. The summed E-state index contributed by atoms with van der Waals surface area (Å²) in [5.41, 5.74) is -0.174. The van der Waals surface area contributed by atoms with E-state index in [9.17, 15) is 18.0 Å². The lowest BCUT2D eigenvalue weighted by Gasteiger charge is -2.33. The van der Waals surface area contributed by atoms with Crippen molar-refractivity contribution >= 4 is 21.8 Å². The largest absolute Gasteiger partial charge is 0.480 e. The SMILES string of the molecule is CC(NC(=O)N(CC(=O)O)C1CCS(=O)(=O)C1)C(C)(C)C. The van der Waals surface area contributed by atoms with Gasteiger partial charge in [-0.3, -0.25) is 4.79 Å². The molecule has 1 aliphatic rings. The Kier molecular flexibility index (Phi) is 5.25. The number of carbonyl (C=O) groups is 2. The Labute approximate surface area is 125 Å². The second kappa shape index (κ2) is 6.21. The maximum atomic E-state index is 12.3. The summed E-state index contributed by atoms with van der Waals surface area (Å²) in [7, 11) is -3.18. The number of hydrogen-bond acceptors (Lipinski definition) is 4. The molecule has 1 fully saturated rings. The number of nitrogens with zero attached hydrogens (tertiary/aromatic N) is 1. The highest BCUT2D eigenvalue weighted by Crippen LogP contribution is 2.21. The van der Waals surface area contributed by atoms with Gasteiger partial charge in [-0.1, -0.05) is 20.8 Å². The highest BCUT2D eigenvalue weighted by molar-refractivity contribution is 7.91. The van der Waals surface area contributed by atoms with Crippen LogP contribution in [0.5, 0.6) is 0 Å². The van der Waals surface area contributed by atoms with E-state index in [4.69, 9.17) is 5.11 Å². The van der Waals surface area contributed by atoms with Crippen LogP contribution in [0.1, 0.15) is 34.1 Å². The quantitative estimate of drug-likeness (QED) is 0.793. The smallest absolute Gasteiger partial charge is 0.323 e. The summed E-state index contributed by atoms with van der Waals surface area (Å²) in [5.74, 6) is -1.33. The Morgan fingerprint density at radius 3 is 2.33 bits per heavy atom. The van der Waals surface area contributed by atoms with Gasteiger partial charge in [-0.15, -0.1) is 0 Å². The lowest BCUT2D eigenvalue weighted by atomic mass is 9.88. The maximum Gasteiger partial charge on any atom is 0.323 e. The van der Waals surface area contributed by atoms with Crippen molar-refractivity contribution in [3.05, 3.63) is 0 Å². The molecule has 0 bridgehead atoms. The van der Waals surface area contributed by atoms with Gasteiger partial charge in [0, 0.05) is 12.1 Å². The van der Waals surface area contributed by atoms with Crippen LogP contribution in [0.15, 0.2) is 0 Å². The number of urea groups is 1. The van der Waals surface area contributed by atoms with Gasteiger partial charge < -0.3 is 15.3 Å². The molecular weight excluding hydrogens is 296 g/mol. The number of aliphatic carboxylic acids is 1. The van der Waals surface area contributed by atoms with Crippen molar-refractivity contribution in [2.24, 2.45) is 5.41 Å². The summed E-state index contributed by atoms with van der Waals surface area (Å²) < 4.78 is 23.1. The molecule has 1 heterocycles. The Morgan fingerprint density at radius 1 is 1.38 bits per heavy atom. The third-order valence-electron chi connectivity index (χ3n) is 3.85. The van der Waals surface area contributed by atoms with E-state index in [1.54, 1.807) is 0 Å². The summed E-state index contributed by atoms with van der Waals surface area (Å²) in [6, 6.07) is -1.26. The molecule has 0 saturated carbocycles. The lowest BCUT2D eigenvalue weighted by molar-refractivity contribution is -0.138. The fourth-order valence-corrected chi connectivity index (χ4v) is 3.75. The highest BCUT2D eigenvalue weighted by atomic mass is 32.2. The molecule has 1 rings (SSSR count). The van der Waals surface area contributed by atoms with Crippen molar-refractivity contribution < 1.29 is 23.1 Å². The van der Waals surface area contributed by atoms with E-state index in [-0.39, 0.29) is 29.4 Å². The molecule has 0 aromatic carbocycles. The Balaban J connectivity index is 2.83. The maximum absolute atomic E-state index is 12.3. The number of carbonyl (C=O) groups excluding carboxylic acids is 1. The predicted molar refractivity (Wildman–Crippen MR) is 78.8 cm³/mol. The van der Waals surface area contributed by atoms with Crippen LogP contribution in [0.4, 0.5) is 4.79 Å². The van der Waals surface area contributed by atoms with Gasteiger partial charge in [0.25, 0.3) is 0 Å². The molecule has 2 unspecified atom stereocenters. The van der Waals surface area contributed by atoms with Crippen molar-refractivity contribution in [2.45, 2.75) is 46.2 Å². The van der Waals surface area contributed by atoms with Crippen molar-refractivity contribution in [1.29, 1.82) is 0 Å². The molecule has 2 amide bonds. The van der Waals surface area contributed by atoms with E-state index in [0.717, 1.165) is 4.90 Å². The first-order chi connectivity index (χ1) is 9.42. The van der Waals surface area contributed by atoms with E-state index < -0.39 is 34.4 Å². The molecule has 7 nitrogen and oxygen atoms in total. The minimum atomic E-state index is -3.18. The van der Waals surface area contributed by atoms with Crippen LogP contribution < -0.4 is 5.32 Å². The fraction of sp³-hybridized carbons (Fsp3) is 0.846. The van der Waals surface area contributed by atoms with Crippen molar-refractivity contribution in [2.75, 3.05) is 18.1 Å². The number of hydrogen-bond donors (Lipinski definition) is 2. The molecule has 0 spiro atoms. The van der Waals surface area contributed by atoms with Gasteiger partial charge in [0.05, 0.1) is 11.5 Å². The van der Waals surface area contributed by atoms with Gasteiger partial charge in [0.2, 0.25) is 0 Å². The Morgan fingerprint density at radius 2 is 1.95 bits per heavy atom. The Hall–Kier alpha value is -1.31. The molecule has 0 aliphatic carbocycles. The van der Waals surface area contributed by atoms with Crippen LogP contribution in [0.3, 0.4) is 0 Å². The first-order valence-corrected chi connectivity index (χ1v) is 8.74. The number of sulfone groups is 1. The molecule has 0 aromatic heterocycles. The molecule has 1 aliphatic heterocycles. The summed E-state index contributed by atoms with van der Waals surface area (Å²) in [6.07, 6.45) is 0.285. The monoisotopic (exact) mass is 320 g/mol. The van der Waals surface area contributed by atoms with E-state index >= 15 is 0 Å². The van der Waals surface area contributed by atoms with Gasteiger partial charge >= 0.3 is 12.0 Å². The van der Waals surface area contributed by atoms with Gasteiger partial charge in [0.1, 0.15) is 6.54 Å². The average molecular weight is 320 g/mol. The van der Waals surface area contributed by atoms with E-state index in [1.165, 1.54) is 0 Å². The normalized spacial score (nSPS) is 22.6. The van der Waals surface area contributed by atoms with E-state index in [1.807, 2.05) is 27.7 Å². The first kappa shape index (κ1) is 17.7. The molecule has 0 aromatic rings. The minimum Gasteiger partial charge on any atom is -0.480 e. The summed E-state index contributed by atoms with van der Waals surface area (Å²) >= 11 is 0. The van der Waals surface area contributed by atoms with Gasteiger partial charge in [-0.05, 0) is 18.8 Å². The van der Waals surface area contributed by atoms with E-state index in [0.29, 0.717) is 0 Å². The van der Waals surface area contributed by atoms with Crippen LogP contribution in [0.2, 0.25) is 0 Å². The third kappa shape index (κ3) is 5.18. The number of nitrogens with one attached hydrogen (secondary N) is 1. The molecule has 122 valence electrons. The van der Waals surface area contributed by atoms with Crippen molar-refractivity contribution in [3.63, 3.8) is 0 Å². The number of rotatable bonds is 4. The molecule has 0 radical (unpaired) electrons. The fourth-order valence-electron chi connectivity index (χ4n) is 2.02. The molecule has 2 N–H and O–H groups in total. The predicted octanol–water partition coefficient (Wildman–Crippen LogP) is 0.704. The third-order valence-corrected chi connectivity index (χ3v) is 5.61. The van der Waals surface area contributed by atoms with Crippen molar-refractivity contribution in [3.8, 4) is 0 Å². The minimum absolute atomic E-state index is 0.00408. The van der Waals surface area contributed by atoms with Gasteiger partial charge in [-0.25, -0.2) is 13.2 Å². The summed E-state index contributed by atoms with van der Waals surface area (Å²) in [4.78, 5) is 24.4. The number of carboxylic acids is 1.